The number of anilines is 4. The summed E-state index contributed by atoms with van der Waals surface area (Å²) in [6.45, 7) is 0. The second kappa shape index (κ2) is 5.17. The zero-order chi connectivity index (χ0) is 15.7. The van der Waals surface area contributed by atoms with Crippen molar-refractivity contribution in [3.05, 3.63) is 36.4 Å². The average Bonchev–Trinajstić information content (AvgIpc) is 2.45. The summed E-state index contributed by atoms with van der Waals surface area (Å²) < 4.78 is 0. The van der Waals surface area contributed by atoms with Crippen molar-refractivity contribution < 1.29 is 0 Å². The molecule has 0 bridgehead atoms. The van der Waals surface area contributed by atoms with Gasteiger partial charge in [-0.15, -0.1) is 0 Å². The molecule has 0 saturated carbocycles. The zero-order valence-electron chi connectivity index (χ0n) is 11.6. The molecule has 0 fully saturated rings. The van der Waals surface area contributed by atoms with Gasteiger partial charge in [-0.05, 0) is 0 Å². The highest BCUT2D eigenvalue weighted by Crippen LogP contribution is 2.24. The Hall–Kier alpha value is -3.42. The van der Waals surface area contributed by atoms with Crippen LogP contribution in [0.25, 0.3) is 22.5 Å². The first-order valence-corrected chi connectivity index (χ1v) is 6.42. The number of nitrogen functional groups attached to an aromatic ring is 4. The third-order valence-corrected chi connectivity index (χ3v) is 3.00. The van der Waals surface area contributed by atoms with E-state index in [0.717, 1.165) is 11.1 Å². The number of nitrogens with two attached hydrogens (primary N) is 4. The molecular formula is C14H14N8. The number of rotatable bonds is 2. The summed E-state index contributed by atoms with van der Waals surface area (Å²) >= 11 is 0. The maximum Gasteiger partial charge on any atom is 0.222 e. The molecule has 22 heavy (non-hydrogen) atoms. The van der Waals surface area contributed by atoms with Gasteiger partial charge in [0, 0.05) is 23.3 Å². The highest BCUT2D eigenvalue weighted by molar-refractivity contribution is 5.69. The topological polar surface area (TPSA) is 156 Å². The van der Waals surface area contributed by atoms with Gasteiger partial charge < -0.3 is 22.9 Å². The molecule has 2 aromatic heterocycles. The van der Waals surface area contributed by atoms with Gasteiger partial charge in [0.2, 0.25) is 11.9 Å². The number of aromatic nitrogens is 4. The van der Waals surface area contributed by atoms with Crippen molar-refractivity contribution in [2.45, 2.75) is 0 Å². The molecule has 8 nitrogen and oxygen atoms in total. The fraction of sp³-hybridized carbons (Fsp3) is 0. The van der Waals surface area contributed by atoms with Crippen molar-refractivity contribution in [2.24, 2.45) is 0 Å². The van der Waals surface area contributed by atoms with Gasteiger partial charge in [0.1, 0.15) is 11.6 Å². The fourth-order valence-corrected chi connectivity index (χ4v) is 2.08. The van der Waals surface area contributed by atoms with Crippen LogP contribution in [0, 0.1) is 0 Å². The van der Waals surface area contributed by atoms with Crippen LogP contribution in [0.5, 0.6) is 0 Å². The molecule has 3 rings (SSSR count). The SMILES string of the molecule is Nc1cc(-c2ccc(-c3cc(N)nc(N)n3)cc2)nc(N)n1. The summed E-state index contributed by atoms with van der Waals surface area (Å²) in [6, 6.07) is 10.8. The lowest BCUT2D eigenvalue weighted by atomic mass is 10.1. The Morgan fingerprint density at radius 2 is 0.909 bits per heavy atom. The lowest BCUT2D eigenvalue weighted by Crippen LogP contribution is -2.01. The van der Waals surface area contributed by atoms with Crippen LogP contribution in [0.2, 0.25) is 0 Å². The summed E-state index contributed by atoms with van der Waals surface area (Å²) in [7, 11) is 0. The summed E-state index contributed by atoms with van der Waals surface area (Å²) in [5, 5.41) is 0. The highest BCUT2D eigenvalue weighted by Gasteiger charge is 2.06. The van der Waals surface area contributed by atoms with Gasteiger partial charge in [-0.2, -0.15) is 9.97 Å². The van der Waals surface area contributed by atoms with Gasteiger partial charge in [0.05, 0.1) is 11.4 Å². The second-order valence-electron chi connectivity index (χ2n) is 4.65. The van der Waals surface area contributed by atoms with Gasteiger partial charge in [0.15, 0.2) is 0 Å². The summed E-state index contributed by atoms with van der Waals surface area (Å²) in [4.78, 5) is 16.0. The van der Waals surface area contributed by atoms with Crippen LogP contribution in [-0.2, 0) is 0 Å². The number of nitrogens with zero attached hydrogens (tertiary/aromatic N) is 4. The van der Waals surface area contributed by atoms with Gasteiger partial charge in [0.25, 0.3) is 0 Å². The Labute approximate surface area is 126 Å². The van der Waals surface area contributed by atoms with E-state index in [4.69, 9.17) is 22.9 Å². The van der Waals surface area contributed by atoms with Crippen molar-refractivity contribution >= 4 is 23.5 Å². The maximum absolute atomic E-state index is 5.68. The third-order valence-electron chi connectivity index (χ3n) is 3.00. The van der Waals surface area contributed by atoms with Crippen LogP contribution < -0.4 is 22.9 Å². The predicted molar refractivity (Wildman–Crippen MR) is 86.1 cm³/mol. The number of hydrogen-bond donors (Lipinski definition) is 4. The fourth-order valence-electron chi connectivity index (χ4n) is 2.08. The number of hydrogen-bond acceptors (Lipinski definition) is 8. The summed E-state index contributed by atoms with van der Waals surface area (Å²) in [6.07, 6.45) is 0. The molecular weight excluding hydrogens is 280 g/mol. The largest absolute Gasteiger partial charge is 0.384 e. The molecule has 0 unspecified atom stereocenters. The predicted octanol–water partition coefficient (Wildman–Crippen LogP) is 0.929. The monoisotopic (exact) mass is 294 g/mol. The molecule has 0 aliphatic carbocycles. The van der Waals surface area contributed by atoms with Crippen LogP contribution in [0.4, 0.5) is 23.5 Å². The van der Waals surface area contributed by atoms with Crippen molar-refractivity contribution in [3.63, 3.8) is 0 Å². The van der Waals surface area contributed by atoms with Crippen LogP contribution in [0.1, 0.15) is 0 Å². The normalized spacial score (nSPS) is 10.5. The van der Waals surface area contributed by atoms with Crippen molar-refractivity contribution in [1.29, 1.82) is 0 Å². The minimum absolute atomic E-state index is 0.135. The van der Waals surface area contributed by atoms with E-state index in [0.29, 0.717) is 23.0 Å². The molecule has 0 saturated heterocycles. The van der Waals surface area contributed by atoms with E-state index < -0.39 is 0 Å². The molecule has 110 valence electrons. The minimum atomic E-state index is 0.135. The van der Waals surface area contributed by atoms with Gasteiger partial charge in [-0.1, -0.05) is 24.3 Å². The quantitative estimate of drug-likeness (QED) is 0.543. The van der Waals surface area contributed by atoms with E-state index in [-0.39, 0.29) is 11.9 Å². The molecule has 1 aromatic carbocycles. The van der Waals surface area contributed by atoms with E-state index in [9.17, 15) is 0 Å². The van der Waals surface area contributed by atoms with E-state index in [2.05, 4.69) is 19.9 Å². The zero-order valence-corrected chi connectivity index (χ0v) is 11.6. The molecule has 8 heteroatoms. The summed E-state index contributed by atoms with van der Waals surface area (Å²) in [5.74, 6) is 0.914. The number of benzene rings is 1. The molecule has 0 spiro atoms. The standard InChI is InChI=1S/C14H14N8/c15-11-5-9(19-13(17)21-11)7-1-2-8(4-3-7)10-6-12(16)22-14(18)20-10/h1-6H,(H4,15,17,19,21)(H4,16,18,20,22). The van der Waals surface area contributed by atoms with Crippen molar-refractivity contribution in [1.82, 2.24) is 19.9 Å². The molecule has 2 heterocycles. The van der Waals surface area contributed by atoms with Crippen molar-refractivity contribution in [2.75, 3.05) is 22.9 Å². The Bertz CT molecular complexity index is 718. The first kappa shape index (κ1) is 13.6. The molecule has 3 aromatic rings. The van der Waals surface area contributed by atoms with Crippen molar-refractivity contribution in [3.8, 4) is 22.5 Å². The molecule has 0 radical (unpaired) electrons. The first-order chi connectivity index (χ1) is 10.5. The highest BCUT2D eigenvalue weighted by atomic mass is 15.0. The smallest absolute Gasteiger partial charge is 0.222 e. The van der Waals surface area contributed by atoms with Crippen LogP contribution >= 0.6 is 0 Å². The second-order valence-corrected chi connectivity index (χ2v) is 4.65. The molecule has 0 aliphatic rings. The Kier molecular flexibility index (Phi) is 3.18. The first-order valence-electron chi connectivity index (χ1n) is 6.42. The van der Waals surface area contributed by atoms with E-state index in [1.54, 1.807) is 12.1 Å². The van der Waals surface area contributed by atoms with E-state index in [1.807, 2.05) is 24.3 Å². The van der Waals surface area contributed by atoms with Gasteiger partial charge in [-0.3, -0.25) is 0 Å². The van der Waals surface area contributed by atoms with Gasteiger partial charge in [-0.25, -0.2) is 9.97 Å². The third kappa shape index (κ3) is 2.70. The summed E-state index contributed by atoms with van der Waals surface area (Å²) in [5.41, 5.74) is 25.6. The van der Waals surface area contributed by atoms with Crippen LogP contribution in [-0.4, -0.2) is 19.9 Å². The Balaban J connectivity index is 1.98. The Morgan fingerprint density at radius 1 is 0.545 bits per heavy atom. The molecule has 8 N–H and O–H groups in total. The molecule has 0 atom stereocenters. The van der Waals surface area contributed by atoms with Crippen LogP contribution in [0.15, 0.2) is 36.4 Å². The molecule has 0 aliphatic heterocycles. The van der Waals surface area contributed by atoms with E-state index in [1.165, 1.54) is 0 Å². The lowest BCUT2D eigenvalue weighted by Gasteiger charge is -2.06. The van der Waals surface area contributed by atoms with Gasteiger partial charge >= 0.3 is 0 Å². The van der Waals surface area contributed by atoms with Crippen LogP contribution in [0.3, 0.4) is 0 Å². The molecule has 0 amide bonds. The minimum Gasteiger partial charge on any atom is -0.384 e. The Morgan fingerprint density at radius 3 is 1.23 bits per heavy atom. The van der Waals surface area contributed by atoms with E-state index >= 15 is 0 Å². The maximum atomic E-state index is 5.68. The average molecular weight is 294 g/mol. The lowest BCUT2D eigenvalue weighted by molar-refractivity contribution is 1.19.